The molecule has 0 N–H and O–H groups in total. The Morgan fingerprint density at radius 1 is 1.00 bits per heavy atom. The summed E-state index contributed by atoms with van der Waals surface area (Å²) in [4.78, 5) is 5.56. The van der Waals surface area contributed by atoms with Gasteiger partial charge in [-0.05, 0) is 35.2 Å². The molecule has 0 fully saturated rings. The lowest BCUT2D eigenvalue weighted by Crippen LogP contribution is -2.33. The van der Waals surface area contributed by atoms with Gasteiger partial charge in [-0.25, -0.2) is 4.98 Å². The number of hydrogen-bond acceptors (Lipinski definition) is 6. The number of halogens is 3. The van der Waals surface area contributed by atoms with E-state index in [9.17, 15) is 13.2 Å². The average Bonchev–Trinajstić information content (AvgIpc) is 3.51. The van der Waals surface area contributed by atoms with Gasteiger partial charge in [-0.2, -0.15) is 13.2 Å². The maximum Gasteiger partial charge on any atom is 0.434 e. The van der Waals surface area contributed by atoms with Crippen LogP contribution in [-0.4, -0.2) is 37.6 Å². The molecule has 6 rings (SSSR count). The van der Waals surface area contributed by atoms with Crippen LogP contribution in [0.5, 0.6) is 23.0 Å². The van der Waals surface area contributed by atoms with E-state index in [0.29, 0.717) is 28.6 Å². The summed E-state index contributed by atoms with van der Waals surface area (Å²) in [6, 6.07) is 11.5. The van der Waals surface area contributed by atoms with E-state index < -0.39 is 18.0 Å². The minimum atomic E-state index is -4.57. The summed E-state index contributed by atoms with van der Waals surface area (Å²) in [6.07, 6.45) is -3.06. The van der Waals surface area contributed by atoms with Gasteiger partial charge in [-0.1, -0.05) is 12.1 Å². The maximum atomic E-state index is 13.4. The molecule has 2 aliphatic heterocycles. The predicted molar refractivity (Wildman–Crippen MR) is 122 cm³/mol. The van der Waals surface area contributed by atoms with Crippen LogP contribution < -0.4 is 23.8 Å². The lowest BCUT2D eigenvalue weighted by atomic mass is 9.88. The topological polar surface area (TPSA) is 58.0 Å². The molecule has 2 aliphatic rings. The Labute approximate surface area is 198 Å². The van der Waals surface area contributed by atoms with Crippen LogP contribution in [0, 0.1) is 0 Å². The summed E-state index contributed by atoms with van der Waals surface area (Å²) in [5, 5.41) is 1.81. The van der Waals surface area contributed by atoms with E-state index in [1.807, 2.05) is 42.3 Å². The Hall–Kier alpha value is -4.08. The maximum absolute atomic E-state index is 13.4. The number of benzene rings is 3. The van der Waals surface area contributed by atoms with E-state index in [1.165, 1.54) is 25.1 Å². The van der Waals surface area contributed by atoms with Gasteiger partial charge in [0, 0.05) is 29.8 Å². The molecule has 1 aromatic heterocycles. The van der Waals surface area contributed by atoms with Crippen LogP contribution >= 0.6 is 0 Å². The van der Waals surface area contributed by atoms with Crippen molar-refractivity contribution in [1.82, 2.24) is 9.55 Å². The Kier molecular flexibility index (Phi) is 4.57. The van der Waals surface area contributed by atoms with Gasteiger partial charge in [-0.3, -0.25) is 0 Å². The average molecular weight is 483 g/mol. The lowest BCUT2D eigenvalue weighted by molar-refractivity contribution is -0.141. The molecule has 1 atom stereocenters. The first-order chi connectivity index (χ1) is 16.8. The van der Waals surface area contributed by atoms with Crippen LogP contribution in [0.25, 0.3) is 21.9 Å². The number of aromatic nitrogens is 2. The van der Waals surface area contributed by atoms with E-state index in [-0.39, 0.29) is 6.79 Å². The molecule has 10 heteroatoms. The van der Waals surface area contributed by atoms with E-state index in [2.05, 4.69) is 4.98 Å². The van der Waals surface area contributed by atoms with Crippen molar-refractivity contribution in [3.05, 3.63) is 60.2 Å². The molecule has 7 nitrogen and oxygen atoms in total. The van der Waals surface area contributed by atoms with E-state index in [4.69, 9.17) is 18.9 Å². The molecule has 0 radical (unpaired) electrons. The van der Waals surface area contributed by atoms with Crippen molar-refractivity contribution in [3.8, 4) is 34.1 Å². The van der Waals surface area contributed by atoms with Crippen LogP contribution in [0.2, 0.25) is 0 Å². The van der Waals surface area contributed by atoms with Crippen molar-refractivity contribution in [2.24, 2.45) is 0 Å². The molecule has 3 heterocycles. The second-order valence-electron chi connectivity index (χ2n) is 8.34. The minimum Gasteiger partial charge on any atom is -0.493 e. The molecule has 0 spiro atoms. The summed E-state index contributed by atoms with van der Waals surface area (Å²) in [6.45, 7) is 0.140. The number of nitrogens with zero attached hydrogens (tertiary/aromatic N) is 3. The van der Waals surface area contributed by atoms with Gasteiger partial charge < -0.3 is 28.4 Å². The molecule has 35 heavy (non-hydrogen) atoms. The molecule has 0 saturated carbocycles. The predicted octanol–water partition coefficient (Wildman–Crippen LogP) is 5.46. The zero-order valence-corrected chi connectivity index (χ0v) is 19.0. The first-order valence-corrected chi connectivity index (χ1v) is 10.8. The summed E-state index contributed by atoms with van der Waals surface area (Å²) in [5.41, 5.74) is 2.27. The third-order valence-electron chi connectivity index (χ3n) is 6.51. The normalized spacial score (nSPS) is 16.3. The molecular weight excluding hydrogens is 463 g/mol. The van der Waals surface area contributed by atoms with Crippen LogP contribution in [0.4, 0.5) is 18.9 Å². The van der Waals surface area contributed by atoms with Crippen LogP contribution in [-0.2, 0) is 6.18 Å². The molecule has 0 bridgehead atoms. The molecule has 180 valence electrons. The third-order valence-corrected chi connectivity index (χ3v) is 6.51. The fourth-order valence-corrected chi connectivity index (χ4v) is 5.02. The summed E-state index contributed by atoms with van der Waals surface area (Å²) in [5.74, 6) is 2.20. The lowest BCUT2D eigenvalue weighted by Gasteiger charge is -2.40. The molecule has 4 aromatic rings. The van der Waals surface area contributed by atoms with Gasteiger partial charge in [-0.15, -0.1) is 0 Å². The summed E-state index contributed by atoms with van der Waals surface area (Å²) < 4.78 is 64.1. The first-order valence-electron chi connectivity index (χ1n) is 10.8. The molecule has 0 saturated heterocycles. The van der Waals surface area contributed by atoms with Gasteiger partial charge in [0.15, 0.2) is 28.7 Å². The molecule has 0 amide bonds. The van der Waals surface area contributed by atoms with E-state index in [0.717, 1.165) is 33.8 Å². The van der Waals surface area contributed by atoms with Gasteiger partial charge >= 0.3 is 6.18 Å². The summed E-state index contributed by atoms with van der Waals surface area (Å²) in [7, 11) is 4.87. The van der Waals surface area contributed by atoms with Crippen molar-refractivity contribution in [2.45, 2.75) is 12.3 Å². The van der Waals surface area contributed by atoms with Gasteiger partial charge in [0.05, 0.1) is 26.2 Å². The van der Waals surface area contributed by atoms with Gasteiger partial charge in [0.2, 0.25) is 6.79 Å². The SMILES string of the molecule is COc1ccc2c(c1OC)C(n1cnc(C(F)(F)F)c1)N(C)c1c-2ccc2cc3c(cc12)OCO3. The zero-order valence-electron chi connectivity index (χ0n) is 19.0. The highest BCUT2D eigenvalue weighted by Crippen LogP contribution is 2.54. The van der Waals surface area contributed by atoms with Crippen LogP contribution in [0.15, 0.2) is 48.9 Å². The molecule has 3 aromatic carbocycles. The molecule has 1 unspecified atom stereocenters. The number of imidazole rings is 1. The smallest absolute Gasteiger partial charge is 0.434 e. The molecule has 0 aliphatic carbocycles. The quantitative estimate of drug-likeness (QED) is 0.386. The third kappa shape index (κ3) is 3.09. The van der Waals surface area contributed by atoms with Crippen molar-refractivity contribution in [3.63, 3.8) is 0 Å². The van der Waals surface area contributed by atoms with E-state index in [1.54, 1.807) is 6.07 Å². The Morgan fingerprint density at radius 3 is 2.43 bits per heavy atom. The van der Waals surface area contributed by atoms with Crippen molar-refractivity contribution in [1.29, 1.82) is 0 Å². The zero-order chi connectivity index (χ0) is 24.5. The van der Waals surface area contributed by atoms with Gasteiger partial charge in [0.25, 0.3) is 0 Å². The fraction of sp³-hybridized carbons (Fsp3) is 0.240. The second kappa shape index (κ2) is 7.46. The highest BCUT2D eigenvalue weighted by molar-refractivity contribution is 6.05. The van der Waals surface area contributed by atoms with E-state index >= 15 is 0 Å². The highest BCUT2D eigenvalue weighted by Gasteiger charge is 2.38. The summed E-state index contributed by atoms with van der Waals surface area (Å²) >= 11 is 0. The minimum absolute atomic E-state index is 0.140. The largest absolute Gasteiger partial charge is 0.493 e. The van der Waals surface area contributed by atoms with Crippen molar-refractivity contribution < 1.29 is 32.1 Å². The number of fused-ring (bicyclic) bond motifs is 6. The fourth-order valence-electron chi connectivity index (χ4n) is 5.02. The highest BCUT2D eigenvalue weighted by atomic mass is 19.4. The number of ether oxygens (including phenoxy) is 4. The Bertz CT molecular complexity index is 1480. The standard InChI is InChI=1S/C25H20F3N3O4/c1-30-22-15(5-4-13-8-18-19(9-16(13)22)35-12-34-18)14-6-7-17(32-2)23(33-3)21(14)24(30)31-10-20(29-11-31)25(26,27)28/h4-11,24H,12H2,1-3H3. The van der Waals surface area contributed by atoms with Gasteiger partial charge in [0.1, 0.15) is 6.17 Å². The van der Waals surface area contributed by atoms with Crippen LogP contribution in [0.1, 0.15) is 17.4 Å². The number of alkyl halides is 3. The van der Waals surface area contributed by atoms with Crippen molar-refractivity contribution in [2.75, 3.05) is 33.0 Å². The Balaban J connectivity index is 1.66. The second-order valence-corrected chi connectivity index (χ2v) is 8.34. The first kappa shape index (κ1) is 21.5. The monoisotopic (exact) mass is 483 g/mol. The van der Waals surface area contributed by atoms with Crippen molar-refractivity contribution >= 4 is 16.5 Å². The number of rotatable bonds is 3. The van der Waals surface area contributed by atoms with Crippen LogP contribution in [0.3, 0.4) is 0 Å². The number of hydrogen-bond donors (Lipinski definition) is 0. The number of anilines is 1. The number of methoxy groups -OCH3 is 2. The molecular formula is C25H20F3N3O4. The Morgan fingerprint density at radius 2 is 1.74 bits per heavy atom.